The Morgan fingerprint density at radius 2 is 2.14 bits per heavy atom. The number of aromatic nitrogens is 1. The van der Waals surface area contributed by atoms with Gasteiger partial charge in [0.05, 0.1) is 13.2 Å². The van der Waals surface area contributed by atoms with Crippen LogP contribution in [0.15, 0.2) is 18.5 Å². The summed E-state index contributed by atoms with van der Waals surface area (Å²) in [6.07, 6.45) is 8.31. The fourth-order valence-corrected chi connectivity index (χ4v) is 3.51. The van der Waals surface area contributed by atoms with Crippen LogP contribution in [0.1, 0.15) is 25.7 Å². The van der Waals surface area contributed by atoms with E-state index in [4.69, 9.17) is 21.1 Å². The number of likely N-dealkylation sites (tertiary alicyclic amines) is 1. The van der Waals surface area contributed by atoms with Gasteiger partial charge >= 0.3 is 0 Å². The van der Waals surface area contributed by atoms with Gasteiger partial charge in [0, 0.05) is 31.6 Å². The zero-order valence-corrected chi connectivity index (χ0v) is 13.8. The molecule has 0 N–H and O–H groups in total. The molecule has 1 aromatic rings. The molecule has 4 nitrogen and oxygen atoms in total. The van der Waals surface area contributed by atoms with E-state index in [2.05, 4.69) is 9.88 Å². The van der Waals surface area contributed by atoms with Crippen LogP contribution in [-0.2, 0) is 4.74 Å². The fourth-order valence-electron chi connectivity index (χ4n) is 3.34. The molecule has 1 aromatic heterocycles. The molecule has 22 heavy (non-hydrogen) atoms. The lowest BCUT2D eigenvalue weighted by Crippen LogP contribution is -2.40. The number of nitrogens with zero attached hydrogens (tertiary/aromatic N) is 2. The number of ether oxygens (including phenoxy) is 2. The van der Waals surface area contributed by atoms with Gasteiger partial charge in [-0.1, -0.05) is 11.6 Å². The van der Waals surface area contributed by atoms with E-state index in [9.17, 15) is 0 Å². The molecule has 0 amide bonds. The summed E-state index contributed by atoms with van der Waals surface area (Å²) in [4.78, 5) is 6.57. The third-order valence-corrected chi connectivity index (χ3v) is 4.97. The van der Waals surface area contributed by atoms with Crippen molar-refractivity contribution in [3.05, 3.63) is 23.5 Å². The van der Waals surface area contributed by atoms with Crippen LogP contribution in [-0.4, -0.2) is 49.3 Å². The topological polar surface area (TPSA) is 34.6 Å². The molecule has 2 aliphatic rings. The van der Waals surface area contributed by atoms with Crippen molar-refractivity contribution in [1.29, 1.82) is 0 Å². The molecular weight excluding hydrogens is 300 g/mol. The van der Waals surface area contributed by atoms with Crippen LogP contribution < -0.4 is 4.74 Å². The number of piperidine rings is 1. The average Bonchev–Trinajstić information content (AvgIpc) is 2.56. The predicted molar refractivity (Wildman–Crippen MR) is 87.4 cm³/mol. The van der Waals surface area contributed by atoms with E-state index in [-0.39, 0.29) is 0 Å². The summed E-state index contributed by atoms with van der Waals surface area (Å²) in [5.74, 6) is 2.11. The van der Waals surface area contributed by atoms with Crippen LogP contribution in [0.3, 0.4) is 0 Å². The van der Waals surface area contributed by atoms with Crippen molar-refractivity contribution in [1.82, 2.24) is 9.88 Å². The summed E-state index contributed by atoms with van der Waals surface area (Å²) in [6, 6.07) is 1.83. The molecule has 0 aromatic carbocycles. The van der Waals surface area contributed by atoms with Crippen LogP contribution in [0.5, 0.6) is 5.75 Å². The Kier molecular flexibility index (Phi) is 5.93. The maximum absolute atomic E-state index is 6.07. The van der Waals surface area contributed by atoms with Gasteiger partial charge in [0.15, 0.2) is 0 Å². The van der Waals surface area contributed by atoms with Crippen LogP contribution in [0.4, 0.5) is 0 Å². The minimum Gasteiger partial charge on any atom is -0.492 e. The molecule has 3 rings (SSSR count). The summed E-state index contributed by atoms with van der Waals surface area (Å²) < 4.78 is 11.4. The zero-order chi connectivity index (χ0) is 15.2. The molecule has 5 heteroatoms. The van der Waals surface area contributed by atoms with Crippen LogP contribution in [0, 0.1) is 11.8 Å². The minimum atomic E-state index is 0.595. The maximum atomic E-state index is 6.07. The molecule has 0 saturated carbocycles. The third-order valence-electron chi connectivity index (χ3n) is 4.69. The van der Waals surface area contributed by atoms with E-state index in [1.165, 1.54) is 45.3 Å². The van der Waals surface area contributed by atoms with Gasteiger partial charge in [-0.25, -0.2) is 0 Å². The smallest absolute Gasteiger partial charge is 0.141 e. The van der Waals surface area contributed by atoms with Crippen molar-refractivity contribution < 1.29 is 9.47 Å². The highest BCUT2D eigenvalue weighted by Gasteiger charge is 2.23. The van der Waals surface area contributed by atoms with Gasteiger partial charge in [0.25, 0.3) is 0 Å². The lowest BCUT2D eigenvalue weighted by molar-refractivity contribution is 0.0307. The molecule has 2 aliphatic heterocycles. The third kappa shape index (κ3) is 4.58. The first-order valence-corrected chi connectivity index (χ1v) is 8.71. The Hall–Kier alpha value is -0.840. The summed E-state index contributed by atoms with van der Waals surface area (Å²) in [6.45, 7) is 6.20. The maximum Gasteiger partial charge on any atom is 0.141 e. The van der Waals surface area contributed by atoms with E-state index >= 15 is 0 Å². The molecule has 0 bridgehead atoms. The van der Waals surface area contributed by atoms with E-state index in [1.807, 2.05) is 6.07 Å². The highest BCUT2D eigenvalue weighted by molar-refractivity contribution is 6.31. The van der Waals surface area contributed by atoms with Gasteiger partial charge in [0.2, 0.25) is 0 Å². The molecule has 0 radical (unpaired) electrons. The van der Waals surface area contributed by atoms with Gasteiger partial charge in [-0.2, -0.15) is 0 Å². The second kappa shape index (κ2) is 8.14. The normalized spacial score (nSPS) is 24.3. The number of halogens is 1. The molecular formula is C17H25ClN2O2. The molecule has 2 fully saturated rings. The van der Waals surface area contributed by atoms with E-state index in [1.54, 1.807) is 12.4 Å². The number of hydrogen-bond acceptors (Lipinski definition) is 4. The molecule has 2 saturated heterocycles. The minimum absolute atomic E-state index is 0.595. The summed E-state index contributed by atoms with van der Waals surface area (Å²) in [5, 5.41) is 0.595. The zero-order valence-electron chi connectivity index (χ0n) is 13.0. The monoisotopic (exact) mass is 324 g/mol. The largest absolute Gasteiger partial charge is 0.492 e. The fraction of sp³-hybridized carbons (Fsp3) is 0.706. The predicted octanol–water partition coefficient (Wildman–Crippen LogP) is 3.25. The average molecular weight is 325 g/mol. The van der Waals surface area contributed by atoms with Crippen molar-refractivity contribution in [3.63, 3.8) is 0 Å². The standard InChI is InChI=1S/C17H25ClN2O2/c18-16-10-19-6-3-17(16)22-13-14-4-7-20(8-5-14)11-15-2-1-9-21-12-15/h3,6,10,14-15H,1-2,4-5,7-9,11-13H2. The van der Waals surface area contributed by atoms with Gasteiger partial charge in [0.1, 0.15) is 10.8 Å². The van der Waals surface area contributed by atoms with Crippen LogP contribution in [0.25, 0.3) is 0 Å². The van der Waals surface area contributed by atoms with Crippen LogP contribution >= 0.6 is 11.6 Å². The lowest BCUT2D eigenvalue weighted by atomic mass is 9.95. The number of pyridine rings is 1. The Bertz CT molecular complexity index is 458. The molecule has 3 heterocycles. The highest BCUT2D eigenvalue weighted by atomic mass is 35.5. The Morgan fingerprint density at radius 1 is 1.27 bits per heavy atom. The first kappa shape index (κ1) is 16.0. The summed E-state index contributed by atoms with van der Waals surface area (Å²) in [7, 11) is 0. The van der Waals surface area contributed by atoms with Crippen molar-refractivity contribution >= 4 is 11.6 Å². The van der Waals surface area contributed by atoms with Crippen LogP contribution in [0.2, 0.25) is 5.02 Å². The van der Waals surface area contributed by atoms with Crippen molar-refractivity contribution in [2.45, 2.75) is 25.7 Å². The first-order chi connectivity index (χ1) is 10.8. The van der Waals surface area contributed by atoms with Gasteiger partial charge in [-0.15, -0.1) is 0 Å². The van der Waals surface area contributed by atoms with E-state index in [0.717, 1.165) is 31.5 Å². The van der Waals surface area contributed by atoms with Gasteiger partial charge < -0.3 is 14.4 Å². The molecule has 0 spiro atoms. The number of hydrogen-bond donors (Lipinski definition) is 0. The van der Waals surface area contributed by atoms with Crippen molar-refractivity contribution in [2.24, 2.45) is 11.8 Å². The quantitative estimate of drug-likeness (QED) is 0.832. The van der Waals surface area contributed by atoms with Gasteiger partial charge in [-0.05, 0) is 50.6 Å². The second-order valence-corrected chi connectivity index (χ2v) is 6.85. The first-order valence-electron chi connectivity index (χ1n) is 8.33. The molecule has 1 unspecified atom stereocenters. The Morgan fingerprint density at radius 3 is 2.86 bits per heavy atom. The molecule has 1 atom stereocenters. The second-order valence-electron chi connectivity index (χ2n) is 6.44. The summed E-state index contributed by atoms with van der Waals surface area (Å²) >= 11 is 6.07. The van der Waals surface area contributed by atoms with Crippen molar-refractivity contribution in [3.8, 4) is 5.75 Å². The molecule has 0 aliphatic carbocycles. The van der Waals surface area contributed by atoms with E-state index in [0.29, 0.717) is 10.9 Å². The molecule has 122 valence electrons. The Balaban J connectivity index is 1.37. The lowest BCUT2D eigenvalue weighted by Gasteiger charge is -2.35. The summed E-state index contributed by atoms with van der Waals surface area (Å²) in [5.41, 5.74) is 0. The SMILES string of the molecule is Clc1cnccc1OCC1CCN(CC2CCCOC2)CC1. The van der Waals surface area contributed by atoms with E-state index < -0.39 is 0 Å². The Labute approximate surface area is 137 Å². The van der Waals surface area contributed by atoms with Gasteiger partial charge in [-0.3, -0.25) is 4.98 Å². The van der Waals surface area contributed by atoms with Crippen molar-refractivity contribution in [2.75, 3.05) is 39.5 Å². The highest BCUT2D eigenvalue weighted by Crippen LogP contribution is 2.25. The number of rotatable bonds is 5.